The molecule has 1 N–H and O–H groups in total. The molecule has 0 unspecified atom stereocenters. The Morgan fingerprint density at radius 1 is 1.29 bits per heavy atom. The molecule has 1 fully saturated rings. The Balaban J connectivity index is 1.54. The minimum absolute atomic E-state index is 0.00398. The highest BCUT2D eigenvalue weighted by Gasteiger charge is 2.37. The van der Waals surface area contributed by atoms with Crippen LogP contribution in [0.5, 0.6) is 0 Å². The van der Waals surface area contributed by atoms with E-state index in [4.69, 9.17) is 16.3 Å². The van der Waals surface area contributed by atoms with E-state index in [1.54, 1.807) is 24.3 Å². The maximum Gasteiger partial charge on any atom is 0.311 e. The molecule has 0 spiro atoms. The van der Waals surface area contributed by atoms with Crippen molar-refractivity contribution in [3.8, 4) is 0 Å². The maximum absolute atomic E-state index is 13.9. The summed E-state index contributed by atoms with van der Waals surface area (Å²) in [6, 6.07) is 11.0. The molecule has 0 aromatic heterocycles. The second kappa shape index (κ2) is 8.39. The first-order valence-corrected chi connectivity index (χ1v) is 9.00. The largest absolute Gasteiger partial charge is 0.455 e. The summed E-state index contributed by atoms with van der Waals surface area (Å²) in [4.78, 5) is 37.6. The predicted octanol–water partition coefficient (Wildman–Crippen LogP) is 3.32. The van der Waals surface area contributed by atoms with Crippen molar-refractivity contribution in [2.45, 2.75) is 13.3 Å². The number of aryl methyl sites for hydroxylation is 1. The normalized spacial score (nSPS) is 16.2. The lowest BCUT2D eigenvalue weighted by molar-refractivity contribution is -0.151. The number of halogens is 2. The van der Waals surface area contributed by atoms with E-state index in [9.17, 15) is 18.8 Å². The molecule has 146 valence electrons. The number of carbonyl (C=O) groups is 3. The first kappa shape index (κ1) is 19.8. The summed E-state index contributed by atoms with van der Waals surface area (Å²) in [5.74, 6) is -2.91. The average molecular weight is 405 g/mol. The Labute approximate surface area is 166 Å². The van der Waals surface area contributed by atoms with E-state index < -0.39 is 30.2 Å². The van der Waals surface area contributed by atoms with Crippen molar-refractivity contribution in [2.24, 2.45) is 5.92 Å². The molecule has 0 radical (unpaired) electrons. The van der Waals surface area contributed by atoms with Gasteiger partial charge in [-0.25, -0.2) is 4.39 Å². The Bertz CT molecular complexity index is 934. The van der Waals surface area contributed by atoms with Gasteiger partial charge >= 0.3 is 5.97 Å². The fourth-order valence-electron chi connectivity index (χ4n) is 2.93. The zero-order valence-corrected chi connectivity index (χ0v) is 15.8. The molecule has 8 heteroatoms. The van der Waals surface area contributed by atoms with Crippen LogP contribution < -0.4 is 10.2 Å². The molecule has 0 aliphatic carbocycles. The van der Waals surface area contributed by atoms with Crippen molar-refractivity contribution in [1.82, 2.24) is 0 Å². The van der Waals surface area contributed by atoms with Gasteiger partial charge in [-0.05, 0) is 36.8 Å². The van der Waals surface area contributed by atoms with Crippen LogP contribution in [0, 0.1) is 18.7 Å². The van der Waals surface area contributed by atoms with E-state index >= 15 is 0 Å². The topological polar surface area (TPSA) is 75.7 Å². The summed E-state index contributed by atoms with van der Waals surface area (Å²) < 4.78 is 18.9. The Hall–Kier alpha value is -2.93. The standard InChI is InChI=1S/C20H18ClFN2O4/c1-12-6-7-16(14(21)8-12)23-18(25)11-28-20(27)13-9-19(26)24(10-13)17-5-3-2-4-15(17)22/h2-8,13H,9-11H2,1H3,(H,23,25)/t13-/m1/s1. The summed E-state index contributed by atoms with van der Waals surface area (Å²) in [5.41, 5.74) is 1.48. The van der Waals surface area contributed by atoms with Crippen LogP contribution in [-0.4, -0.2) is 30.9 Å². The van der Waals surface area contributed by atoms with E-state index in [2.05, 4.69) is 5.32 Å². The summed E-state index contributed by atoms with van der Waals surface area (Å²) in [5, 5.41) is 2.94. The third-order valence-electron chi connectivity index (χ3n) is 4.35. The van der Waals surface area contributed by atoms with Crippen LogP contribution in [0.25, 0.3) is 0 Å². The van der Waals surface area contributed by atoms with E-state index in [1.807, 2.05) is 6.92 Å². The fraction of sp³-hybridized carbons (Fsp3) is 0.250. The highest BCUT2D eigenvalue weighted by atomic mass is 35.5. The number of hydrogen-bond donors (Lipinski definition) is 1. The molecule has 0 bridgehead atoms. The predicted molar refractivity (Wildman–Crippen MR) is 103 cm³/mol. The molecule has 1 saturated heterocycles. The van der Waals surface area contributed by atoms with Gasteiger partial charge in [0, 0.05) is 13.0 Å². The minimum Gasteiger partial charge on any atom is -0.455 e. The number of ether oxygens (including phenoxy) is 1. The van der Waals surface area contributed by atoms with Gasteiger partial charge in [0.15, 0.2) is 6.61 Å². The third-order valence-corrected chi connectivity index (χ3v) is 4.66. The number of hydrogen-bond acceptors (Lipinski definition) is 4. The van der Waals surface area contributed by atoms with Crippen LogP contribution in [0.15, 0.2) is 42.5 Å². The lowest BCUT2D eigenvalue weighted by Crippen LogP contribution is -2.28. The van der Waals surface area contributed by atoms with Crippen molar-refractivity contribution < 1.29 is 23.5 Å². The number of nitrogens with one attached hydrogen (secondary N) is 1. The van der Waals surface area contributed by atoms with Gasteiger partial charge in [-0.2, -0.15) is 0 Å². The molecule has 1 aliphatic rings. The summed E-state index contributed by atoms with van der Waals surface area (Å²) in [6.45, 7) is 1.37. The second-order valence-electron chi connectivity index (χ2n) is 6.50. The van der Waals surface area contributed by atoms with Crippen molar-refractivity contribution >= 4 is 40.8 Å². The number of carbonyl (C=O) groups excluding carboxylic acids is 3. The van der Waals surface area contributed by atoms with Gasteiger partial charge in [-0.3, -0.25) is 14.4 Å². The number of benzene rings is 2. The van der Waals surface area contributed by atoms with Gasteiger partial charge in [-0.1, -0.05) is 29.8 Å². The first-order chi connectivity index (χ1) is 13.3. The molecule has 1 atom stereocenters. The molecule has 0 saturated carbocycles. The second-order valence-corrected chi connectivity index (χ2v) is 6.90. The molecule has 2 aromatic carbocycles. The van der Waals surface area contributed by atoms with Gasteiger partial charge < -0.3 is 15.0 Å². The van der Waals surface area contributed by atoms with E-state index in [0.29, 0.717) is 10.7 Å². The average Bonchev–Trinajstić information content (AvgIpc) is 3.04. The first-order valence-electron chi connectivity index (χ1n) is 8.62. The van der Waals surface area contributed by atoms with Crippen LogP contribution in [0.4, 0.5) is 15.8 Å². The molecular weight excluding hydrogens is 387 g/mol. The van der Waals surface area contributed by atoms with Crippen molar-refractivity contribution in [1.29, 1.82) is 0 Å². The van der Waals surface area contributed by atoms with Crippen molar-refractivity contribution in [2.75, 3.05) is 23.4 Å². The van der Waals surface area contributed by atoms with E-state index in [0.717, 1.165) is 5.56 Å². The Kier molecular flexibility index (Phi) is 5.94. The zero-order valence-electron chi connectivity index (χ0n) is 15.1. The zero-order chi connectivity index (χ0) is 20.3. The van der Waals surface area contributed by atoms with Gasteiger partial charge in [0.05, 0.1) is 22.3 Å². The van der Waals surface area contributed by atoms with Gasteiger partial charge in [0.25, 0.3) is 5.91 Å². The van der Waals surface area contributed by atoms with Gasteiger partial charge in [0.1, 0.15) is 5.82 Å². The summed E-state index contributed by atoms with van der Waals surface area (Å²) in [7, 11) is 0. The quantitative estimate of drug-likeness (QED) is 0.776. The number of anilines is 2. The Morgan fingerprint density at radius 3 is 2.75 bits per heavy atom. The maximum atomic E-state index is 13.9. The molecule has 6 nitrogen and oxygen atoms in total. The monoisotopic (exact) mass is 404 g/mol. The van der Waals surface area contributed by atoms with Crippen LogP contribution in [0.1, 0.15) is 12.0 Å². The molecule has 2 aromatic rings. The number of esters is 1. The van der Waals surface area contributed by atoms with E-state index in [1.165, 1.54) is 23.1 Å². The van der Waals surface area contributed by atoms with Crippen LogP contribution in [0.3, 0.4) is 0 Å². The minimum atomic E-state index is -0.761. The van der Waals surface area contributed by atoms with E-state index in [-0.39, 0.29) is 24.6 Å². The summed E-state index contributed by atoms with van der Waals surface area (Å²) >= 11 is 6.05. The van der Waals surface area contributed by atoms with Crippen LogP contribution >= 0.6 is 11.6 Å². The highest BCUT2D eigenvalue weighted by molar-refractivity contribution is 6.33. The van der Waals surface area contributed by atoms with Gasteiger partial charge in [0.2, 0.25) is 5.91 Å². The molecule has 1 aliphatic heterocycles. The number of rotatable bonds is 5. The fourth-order valence-corrected chi connectivity index (χ4v) is 3.21. The number of amides is 2. The van der Waals surface area contributed by atoms with Gasteiger partial charge in [-0.15, -0.1) is 0 Å². The van der Waals surface area contributed by atoms with Crippen LogP contribution in [-0.2, 0) is 19.1 Å². The lowest BCUT2D eigenvalue weighted by Gasteiger charge is -2.17. The molecule has 3 rings (SSSR count). The summed E-state index contributed by atoms with van der Waals surface area (Å²) in [6.07, 6.45) is -0.0986. The SMILES string of the molecule is Cc1ccc(NC(=O)COC(=O)[C@@H]2CC(=O)N(c3ccccc3F)C2)c(Cl)c1. The molecule has 1 heterocycles. The lowest BCUT2D eigenvalue weighted by atomic mass is 10.1. The number of para-hydroxylation sites is 1. The van der Waals surface area contributed by atoms with Crippen LogP contribution in [0.2, 0.25) is 5.02 Å². The molecular formula is C20H18ClFN2O4. The third kappa shape index (κ3) is 4.48. The Morgan fingerprint density at radius 2 is 2.04 bits per heavy atom. The van der Waals surface area contributed by atoms with Crippen molar-refractivity contribution in [3.05, 3.63) is 58.9 Å². The molecule has 2 amide bonds. The number of nitrogens with zero attached hydrogens (tertiary/aromatic N) is 1. The van der Waals surface area contributed by atoms with Crippen molar-refractivity contribution in [3.63, 3.8) is 0 Å². The highest BCUT2D eigenvalue weighted by Crippen LogP contribution is 2.28. The smallest absolute Gasteiger partial charge is 0.311 e. The molecule has 28 heavy (non-hydrogen) atoms.